The van der Waals surface area contributed by atoms with Crippen molar-refractivity contribution in [1.82, 2.24) is 5.32 Å². The summed E-state index contributed by atoms with van der Waals surface area (Å²) in [5.41, 5.74) is 2.80. The summed E-state index contributed by atoms with van der Waals surface area (Å²) in [5.74, 6) is 1.03. The number of benzene rings is 3. The van der Waals surface area contributed by atoms with Crippen LogP contribution in [0.25, 0.3) is 0 Å². The average Bonchev–Trinajstić information content (AvgIpc) is 2.71. The fourth-order valence-electron chi connectivity index (χ4n) is 2.89. The minimum absolute atomic E-state index is 0. The van der Waals surface area contributed by atoms with Gasteiger partial charge in [0, 0.05) is 17.7 Å². The van der Waals surface area contributed by atoms with Gasteiger partial charge >= 0.3 is 0 Å². The fraction of sp³-hybridized carbons (Fsp3) is 0.217. The van der Waals surface area contributed by atoms with Crippen LogP contribution in [0.2, 0.25) is 0 Å². The summed E-state index contributed by atoms with van der Waals surface area (Å²) in [6.45, 7) is 1.66. The highest BCUT2D eigenvalue weighted by Gasteiger charge is 2.12. The van der Waals surface area contributed by atoms with Crippen LogP contribution in [0.5, 0.6) is 11.5 Å². The van der Waals surface area contributed by atoms with Crippen LogP contribution in [0, 0.1) is 5.82 Å². The number of hydrogen-bond acceptors (Lipinski definition) is 3. The van der Waals surface area contributed by atoms with E-state index in [0.717, 1.165) is 18.5 Å². The zero-order chi connectivity index (χ0) is 18.9. The molecule has 0 amide bonds. The molecule has 3 rings (SSSR count). The van der Waals surface area contributed by atoms with E-state index in [1.165, 1.54) is 11.6 Å². The standard InChI is InChI=1S/C23H24FNO2.ClH/c1-26-22-13-7-11-19(16-25-15-14-18-8-3-2-4-9-18)23(22)27-17-20-10-5-6-12-21(20)24;/h2-13,25H,14-17H2,1H3;1H. The second kappa shape index (κ2) is 11.3. The lowest BCUT2D eigenvalue weighted by atomic mass is 10.1. The van der Waals surface area contributed by atoms with E-state index >= 15 is 0 Å². The normalized spacial score (nSPS) is 10.2. The van der Waals surface area contributed by atoms with Crippen molar-refractivity contribution in [1.29, 1.82) is 0 Å². The quantitative estimate of drug-likeness (QED) is 0.502. The van der Waals surface area contributed by atoms with Gasteiger partial charge in [0.25, 0.3) is 0 Å². The van der Waals surface area contributed by atoms with Gasteiger partial charge in [-0.2, -0.15) is 0 Å². The molecule has 0 saturated heterocycles. The molecule has 0 heterocycles. The Morgan fingerprint density at radius 3 is 2.32 bits per heavy atom. The summed E-state index contributed by atoms with van der Waals surface area (Å²) in [6.07, 6.45) is 0.955. The molecule has 0 saturated carbocycles. The Morgan fingerprint density at radius 2 is 1.57 bits per heavy atom. The monoisotopic (exact) mass is 401 g/mol. The molecule has 0 radical (unpaired) electrons. The first-order chi connectivity index (χ1) is 13.3. The summed E-state index contributed by atoms with van der Waals surface area (Å²) in [6, 6.07) is 22.8. The molecule has 0 unspecified atom stereocenters. The number of nitrogens with one attached hydrogen (secondary N) is 1. The van der Waals surface area contributed by atoms with Crippen molar-refractivity contribution < 1.29 is 13.9 Å². The highest BCUT2D eigenvalue weighted by Crippen LogP contribution is 2.32. The summed E-state index contributed by atoms with van der Waals surface area (Å²) in [4.78, 5) is 0. The molecular formula is C23H25ClFNO2. The van der Waals surface area contributed by atoms with Crippen LogP contribution in [-0.4, -0.2) is 13.7 Å². The van der Waals surface area contributed by atoms with Crippen LogP contribution in [0.3, 0.4) is 0 Å². The van der Waals surface area contributed by atoms with E-state index in [4.69, 9.17) is 9.47 Å². The van der Waals surface area contributed by atoms with E-state index in [0.29, 0.717) is 23.6 Å². The van der Waals surface area contributed by atoms with E-state index in [1.54, 1.807) is 25.3 Å². The molecule has 0 spiro atoms. The SMILES string of the molecule is COc1cccc(CNCCc2ccccc2)c1OCc1ccccc1F.Cl. The van der Waals surface area contributed by atoms with Crippen LogP contribution in [-0.2, 0) is 19.6 Å². The molecule has 3 aromatic rings. The predicted octanol–water partition coefficient (Wildman–Crippen LogP) is 5.17. The molecule has 1 N–H and O–H groups in total. The van der Waals surface area contributed by atoms with Crippen molar-refractivity contribution >= 4 is 12.4 Å². The second-order valence-electron chi connectivity index (χ2n) is 6.24. The molecule has 0 aliphatic rings. The zero-order valence-electron chi connectivity index (χ0n) is 15.9. The van der Waals surface area contributed by atoms with Crippen molar-refractivity contribution in [2.75, 3.05) is 13.7 Å². The van der Waals surface area contributed by atoms with Gasteiger partial charge < -0.3 is 14.8 Å². The van der Waals surface area contributed by atoms with Crippen molar-refractivity contribution in [2.24, 2.45) is 0 Å². The smallest absolute Gasteiger partial charge is 0.166 e. The Labute approximate surface area is 171 Å². The van der Waals surface area contributed by atoms with Crippen molar-refractivity contribution in [2.45, 2.75) is 19.6 Å². The molecule has 0 atom stereocenters. The minimum Gasteiger partial charge on any atom is -0.493 e. The number of halogens is 2. The van der Waals surface area contributed by atoms with Crippen LogP contribution < -0.4 is 14.8 Å². The first-order valence-electron chi connectivity index (χ1n) is 9.04. The lowest BCUT2D eigenvalue weighted by molar-refractivity contribution is 0.276. The van der Waals surface area contributed by atoms with Gasteiger partial charge in [-0.3, -0.25) is 0 Å². The average molecular weight is 402 g/mol. The number of rotatable bonds is 9. The Hall–Kier alpha value is -2.56. The first kappa shape index (κ1) is 21.7. The Balaban J connectivity index is 0.00000280. The van der Waals surface area contributed by atoms with E-state index in [2.05, 4.69) is 17.4 Å². The van der Waals surface area contributed by atoms with Crippen LogP contribution >= 0.6 is 12.4 Å². The summed E-state index contributed by atoms with van der Waals surface area (Å²) >= 11 is 0. The molecule has 5 heteroatoms. The second-order valence-corrected chi connectivity index (χ2v) is 6.24. The van der Waals surface area contributed by atoms with Gasteiger partial charge in [-0.05, 0) is 30.7 Å². The minimum atomic E-state index is -0.269. The van der Waals surface area contributed by atoms with Gasteiger partial charge in [0.2, 0.25) is 0 Å². The molecule has 0 bridgehead atoms. The number of para-hydroxylation sites is 1. The van der Waals surface area contributed by atoms with E-state index in [9.17, 15) is 4.39 Å². The van der Waals surface area contributed by atoms with Gasteiger partial charge in [0.1, 0.15) is 12.4 Å². The molecule has 3 nitrogen and oxygen atoms in total. The number of hydrogen-bond donors (Lipinski definition) is 1. The lowest BCUT2D eigenvalue weighted by Crippen LogP contribution is -2.17. The third-order valence-corrected chi connectivity index (χ3v) is 4.36. The summed E-state index contributed by atoms with van der Waals surface area (Å²) < 4.78 is 25.2. The number of ether oxygens (including phenoxy) is 2. The molecular weight excluding hydrogens is 377 g/mol. The maximum absolute atomic E-state index is 13.9. The molecule has 3 aromatic carbocycles. The third kappa shape index (κ3) is 5.98. The summed E-state index contributed by atoms with van der Waals surface area (Å²) in [5, 5.41) is 3.44. The van der Waals surface area contributed by atoms with Gasteiger partial charge in [0.15, 0.2) is 11.5 Å². The fourth-order valence-corrected chi connectivity index (χ4v) is 2.89. The van der Waals surface area contributed by atoms with E-state index in [1.807, 2.05) is 36.4 Å². The predicted molar refractivity (Wildman–Crippen MR) is 113 cm³/mol. The molecule has 28 heavy (non-hydrogen) atoms. The molecule has 148 valence electrons. The maximum Gasteiger partial charge on any atom is 0.166 e. The largest absolute Gasteiger partial charge is 0.493 e. The topological polar surface area (TPSA) is 30.5 Å². The van der Waals surface area contributed by atoms with Crippen molar-refractivity contribution in [3.63, 3.8) is 0 Å². The molecule has 0 aliphatic heterocycles. The van der Waals surface area contributed by atoms with Gasteiger partial charge in [-0.1, -0.05) is 60.7 Å². The highest BCUT2D eigenvalue weighted by molar-refractivity contribution is 5.85. The molecule has 0 aromatic heterocycles. The highest BCUT2D eigenvalue weighted by atomic mass is 35.5. The summed E-state index contributed by atoms with van der Waals surface area (Å²) in [7, 11) is 1.61. The van der Waals surface area contributed by atoms with Crippen molar-refractivity contribution in [3.05, 3.63) is 95.3 Å². The van der Waals surface area contributed by atoms with E-state index < -0.39 is 0 Å². The van der Waals surface area contributed by atoms with Crippen LogP contribution in [0.1, 0.15) is 16.7 Å². The number of methoxy groups -OCH3 is 1. The Kier molecular flexibility index (Phi) is 8.79. The Morgan fingerprint density at radius 1 is 0.857 bits per heavy atom. The zero-order valence-corrected chi connectivity index (χ0v) is 16.7. The third-order valence-electron chi connectivity index (χ3n) is 4.36. The van der Waals surface area contributed by atoms with Gasteiger partial charge in [-0.15, -0.1) is 12.4 Å². The van der Waals surface area contributed by atoms with Crippen molar-refractivity contribution in [3.8, 4) is 11.5 Å². The van der Waals surface area contributed by atoms with Crippen LogP contribution in [0.15, 0.2) is 72.8 Å². The van der Waals surface area contributed by atoms with Gasteiger partial charge in [0.05, 0.1) is 7.11 Å². The molecule has 0 fully saturated rings. The molecule has 0 aliphatic carbocycles. The Bertz CT molecular complexity index is 858. The van der Waals surface area contributed by atoms with Crippen LogP contribution in [0.4, 0.5) is 4.39 Å². The lowest BCUT2D eigenvalue weighted by Gasteiger charge is -2.16. The van der Waals surface area contributed by atoms with Gasteiger partial charge in [-0.25, -0.2) is 4.39 Å². The maximum atomic E-state index is 13.9. The van der Waals surface area contributed by atoms with E-state index in [-0.39, 0.29) is 24.8 Å². The first-order valence-corrected chi connectivity index (χ1v) is 9.04.